The zero-order valence-corrected chi connectivity index (χ0v) is 11.6. The van der Waals surface area contributed by atoms with Crippen molar-refractivity contribution < 1.29 is 4.39 Å². The second-order valence-electron chi connectivity index (χ2n) is 5.80. The highest BCUT2D eigenvalue weighted by atomic mass is 19.1. The zero-order chi connectivity index (χ0) is 14.0. The Morgan fingerprint density at radius 2 is 1.90 bits per heavy atom. The third-order valence-electron chi connectivity index (χ3n) is 4.38. The van der Waals surface area contributed by atoms with Gasteiger partial charge in [0.2, 0.25) is 0 Å². The lowest BCUT2D eigenvalue weighted by Crippen LogP contribution is -2.34. The lowest BCUT2D eigenvalue weighted by Gasteiger charge is -2.25. The predicted molar refractivity (Wildman–Crippen MR) is 80.0 cm³/mol. The molecule has 1 unspecified atom stereocenters. The molecule has 0 amide bonds. The van der Waals surface area contributed by atoms with Crippen LogP contribution in [0.3, 0.4) is 0 Å². The molecule has 3 rings (SSSR count). The SMILES string of the molecule is NC1(CCCc2ccccc2)CCc2cc(F)ccc21. The molecular weight excluding hydrogens is 249 g/mol. The fourth-order valence-corrected chi connectivity index (χ4v) is 3.26. The molecule has 0 heterocycles. The predicted octanol–water partition coefficient (Wildman–Crippen LogP) is 3.95. The molecule has 2 N–H and O–H groups in total. The Morgan fingerprint density at radius 3 is 2.70 bits per heavy atom. The molecular formula is C18H20FN. The van der Waals surface area contributed by atoms with Crippen LogP contribution in [-0.4, -0.2) is 0 Å². The van der Waals surface area contributed by atoms with Gasteiger partial charge in [0.15, 0.2) is 0 Å². The van der Waals surface area contributed by atoms with Crippen molar-refractivity contribution in [3.63, 3.8) is 0 Å². The topological polar surface area (TPSA) is 26.0 Å². The van der Waals surface area contributed by atoms with E-state index in [1.54, 1.807) is 6.07 Å². The fourth-order valence-electron chi connectivity index (χ4n) is 3.26. The Labute approximate surface area is 119 Å². The molecule has 1 aliphatic rings. The van der Waals surface area contributed by atoms with E-state index in [1.807, 2.05) is 12.1 Å². The van der Waals surface area contributed by atoms with Crippen LogP contribution in [0.25, 0.3) is 0 Å². The normalized spacial score (nSPS) is 20.9. The zero-order valence-electron chi connectivity index (χ0n) is 11.6. The highest BCUT2D eigenvalue weighted by Gasteiger charge is 2.34. The van der Waals surface area contributed by atoms with Crippen LogP contribution in [0, 0.1) is 5.82 Å². The standard InChI is InChI=1S/C18H20FN/c19-16-8-9-17-15(13-16)10-12-18(17,20)11-4-7-14-5-2-1-3-6-14/h1-3,5-6,8-9,13H,4,7,10-12,20H2. The van der Waals surface area contributed by atoms with E-state index in [9.17, 15) is 4.39 Å². The maximum atomic E-state index is 13.2. The van der Waals surface area contributed by atoms with Gasteiger partial charge in [0, 0.05) is 5.54 Å². The van der Waals surface area contributed by atoms with E-state index in [1.165, 1.54) is 11.6 Å². The molecule has 0 spiro atoms. The monoisotopic (exact) mass is 269 g/mol. The van der Waals surface area contributed by atoms with Gasteiger partial charge in [-0.2, -0.15) is 0 Å². The molecule has 0 aliphatic heterocycles. The highest BCUT2D eigenvalue weighted by molar-refractivity contribution is 5.38. The summed E-state index contributed by atoms with van der Waals surface area (Å²) in [6.45, 7) is 0. The summed E-state index contributed by atoms with van der Waals surface area (Å²) in [6.07, 6.45) is 4.91. The number of fused-ring (bicyclic) bond motifs is 1. The van der Waals surface area contributed by atoms with Gasteiger partial charge in [-0.05, 0) is 60.9 Å². The molecule has 1 aliphatic carbocycles. The van der Waals surface area contributed by atoms with Crippen molar-refractivity contribution in [2.75, 3.05) is 0 Å². The molecule has 20 heavy (non-hydrogen) atoms. The molecule has 0 fully saturated rings. The van der Waals surface area contributed by atoms with Crippen molar-refractivity contribution in [1.29, 1.82) is 0 Å². The van der Waals surface area contributed by atoms with Crippen molar-refractivity contribution in [3.05, 3.63) is 71.0 Å². The summed E-state index contributed by atoms with van der Waals surface area (Å²) >= 11 is 0. The van der Waals surface area contributed by atoms with Crippen LogP contribution in [0.1, 0.15) is 36.0 Å². The first-order valence-electron chi connectivity index (χ1n) is 7.29. The third kappa shape index (κ3) is 2.61. The molecule has 0 bridgehead atoms. The maximum absolute atomic E-state index is 13.2. The lowest BCUT2D eigenvalue weighted by atomic mass is 9.87. The van der Waals surface area contributed by atoms with Crippen LogP contribution in [0.4, 0.5) is 4.39 Å². The molecule has 1 nitrogen and oxygen atoms in total. The number of rotatable bonds is 4. The fraction of sp³-hybridized carbons (Fsp3) is 0.333. The van der Waals surface area contributed by atoms with Crippen LogP contribution >= 0.6 is 0 Å². The second-order valence-corrected chi connectivity index (χ2v) is 5.80. The van der Waals surface area contributed by atoms with E-state index in [0.717, 1.165) is 43.2 Å². The Balaban J connectivity index is 1.67. The molecule has 0 aromatic heterocycles. The van der Waals surface area contributed by atoms with Gasteiger partial charge < -0.3 is 5.73 Å². The van der Waals surface area contributed by atoms with Crippen molar-refractivity contribution in [1.82, 2.24) is 0 Å². The summed E-state index contributed by atoms with van der Waals surface area (Å²) < 4.78 is 13.2. The summed E-state index contributed by atoms with van der Waals surface area (Å²) in [7, 11) is 0. The van der Waals surface area contributed by atoms with Crippen molar-refractivity contribution >= 4 is 0 Å². The number of aryl methyl sites for hydroxylation is 2. The molecule has 104 valence electrons. The van der Waals surface area contributed by atoms with Gasteiger partial charge in [0.1, 0.15) is 5.82 Å². The minimum Gasteiger partial charge on any atom is -0.321 e. The van der Waals surface area contributed by atoms with E-state index in [4.69, 9.17) is 5.73 Å². The molecule has 2 heteroatoms. The van der Waals surface area contributed by atoms with Gasteiger partial charge in [-0.15, -0.1) is 0 Å². The van der Waals surface area contributed by atoms with Crippen molar-refractivity contribution in [2.24, 2.45) is 5.73 Å². The Kier molecular flexibility index (Phi) is 3.58. The van der Waals surface area contributed by atoms with Crippen LogP contribution in [0.2, 0.25) is 0 Å². The number of hydrogen-bond donors (Lipinski definition) is 1. The molecule has 0 radical (unpaired) electrons. The summed E-state index contributed by atoms with van der Waals surface area (Å²) in [6, 6.07) is 15.5. The number of benzene rings is 2. The first-order valence-corrected chi connectivity index (χ1v) is 7.29. The Hall–Kier alpha value is -1.67. The molecule has 1 atom stereocenters. The van der Waals surface area contributed by atoms with Crippen molar-refractivity contribution in [3.8, 4) is 0 Å². The first kappa shape index (κ1) is 13.3. The van der Waals surface area contributed by atoms with Gasteiger partial charge in [0.05, 0.1) is 0 Å². The van der Waals surface area contributed by atoms with Crippen LogP contribution in [0.15, 0.2) is 48.5 Å². The lowest BCUT2D eigenvalue weighted by molar-refractivity contribution is 0.394. The van der Waals surface area contributed by atoms with E-state index in [-0.39, 0.29) is 11.4 Å². The van der Waals surface area contributed by atoms with Gasteiger partial charge in [0.25, 0.3) is 0 Å². The van der Waals surface area contributed by atoms with Crippen LogP contribution in [0.5, 0.6) is 0 Å². The summed E-state index contributed by atoms with van der Waals surface area (Å²) in [5.41, 5.74) is 9.89. The van der Waals surface area contributed by atoms with Gasteiger partial charge in [-0.3, -0.25) is 0 Å². The minimum atomic E-state index is -0.266. The molecule has 2 aromatic rings. The molecule has 0 saturated heterocycles. The first-order chi connectivity index (χ1) is 9.67. The van der Waals surface area contributed by atoms with E-state index < -0.39 is 0 Å². The Bertz CT molecular complexity index is 594. The number of halogens is 1. The van der Waals surface area contributed by atoms with E-state index >= 15 is 0 Å². The molecule has 0 saturated carbocycles. The Morgan fingerprint density at radius 1 is 1.10 bits per heavy atom. The maximum Gasteiger partial charge on any atom is 0.123 e. The van der Waals surface area contributed by atoms with Gasteiger partial charge in [-0.1, -0.05) is 36.4 Å². The average molecular weight is 269 g/mol. The van der Waals surface area contributed by atoms with Gasteiger partial charge in [-0.25, -0.2) is 4.39 Å². The average Bonchev–Trinajstić information content (AvgIpc) is 2.77. The molecule has 2 aromatic carbocycles. The second kappa shape index (κ2) is 5.37. The van der Waals surface area contributed by atoms with Crippen molar-refractivity contribution in [2.45, 2.75) is 37.6 Å². The third-order valence-corrected chi connectivity index (χ3v) is 4.38. The number of nitrogens with two attached hydrogens (primary N) is 1. The van der Waals surface area contributed by atoms with E-state index in [0.29, 0.717) is 0 Å². The quantitative estimate of drug-likeness (QED) is 0.893. The highest BCUT2D eigenvalue weighted by Crippen LogP contribution is 2.38. The summed E-state index contributed by atoms with van der Waals surface area (Å²) in [5, 5.41) is 0. The van der Waals surface area contributed by atoms with Gasteiger partial charge >= 0.3 is 0 Å². The van der Waals surface area contributed by atoms with E-state index in [2.05, 4.69) is 24.3 Å². The largest absolute Gasteiger partial charge is 0.321 e. The summed E-state index contributed by atoms with van der Waals surface area (Å²) in [4.78, 5) is 0. The smallest absolute Gasteiger partial charge is 0.123 e. The van der Waals surface area contributed by atoms with Crippen LogP contribution in [-0.2, 0) is 18.4 Å². The summed E-state index contributed by atoms with van der Waals surface area (Å²) in [5.74, 6) is -0.155. The minimum absolute atomic E-state index is 0.155. The number of hydrogen-bond acceptors (Lipinski definition) is 1. The van der Waals surface area contributed by atoms with Crippen LogP contribution < -0.4 is 5.73 Å².